The molecule has 0 atom stereocenters. The van der Waals surface area contributed by atoms with Crippen molar-refractivity contribution in [2.24, 2.45) is 0 Å². The van der Waals surface area contributed by atoms with Crippen LogP contribution in [-0.4, -0.2) is 23.3 Å². The van der Waals surface area contributed by atoms with E-state index in [0.717, 1.165) is 10.4 Å². The molecule has 1 aromatic heterocycles. The van der Waals surface area contributed by atoms with Crippen LogP contribution in [0.2, 0.25) is 0 Å². The first kappa shape index (κ1) is 19.6. The third kappa shape index (κ3) is 5.95. The first-order valence-electron chi connectivity index (χ1n) is 8.48. The molecule has 0 saturated carbocycles. The molecule has 3 aromatic rings. The van der Waals surface area contributed by atoms with Crippen LogP contribution in [-0.2, 0) is 22.4 Å². The number of carbonyl (C=O) groups excluding carboxylic acids is 2. The summed E-state index contributed by atoms with van der Waals surface area (Å²) in [6.07, 6.45) is 2.22. The van der Waals surface area contributed by atoms with Crippen LogP contribution in [0.3, 0.4) is 0 Å². The Morgan fingerprint density at radius 1 is 0.964 bits per heavy atom. The molecule has 0 unspecified atom stereocenters. The average Bonchev–Trinajstić information content (AvgIpc) is 3.09. The van der Waals surface area contributed by atoms with Crippen molar-refractivity contribution in [3.05, 3.63) is 82.4 Å². The number of benzene rings is 2. The smallest absolute Gasteiger partial charge is 0.245 e. The van der Waals surface area contributed by atoms with Crippen molar-refractivity contribution < 1.29 is 18.4 Å². The number of amides is 2. The monoisotopic (exact) mass is 401 g/mol. The van der Waals surface area contributed by atoms with Gasteiger partial charge in [-0.05, 0) is 35.4 Å². The summed E-state index contributed by atoms with van der Waals surface area (Å²) in [6, 6.07) is 11.9. The highest BCUT2D eigenvalue weighted by atomic mass is 32.1. The van der Waals surface area contributed by atoms with Crippen molar-refractivity contribution in [3.8, 4) is 0 Å². The van der Waals surface area contributed by atoms with Crippen LogP contribution in [0.4, 0.5) is 13.9 Å². The van der Waals surface area contributed by atoms with Crippen molar-refractivity contribution >= 4 is 28.3 Å². The van der Waals surface area contributed by atoms with Gasteiger partial charge in [0.15, 0.2) is 5.13 Å². The van der Waals surface area contributed by atoms with Crippen LogP contribution in [0.5, 0.6) is 0 Å². The molecule has 1 heterocycles. The van der Waals surface area contributed by atoms with Crippen molar-refractivity contribution in [2.75, 3.05) is 11.9 Å². The molecule has 0 aliphatic carbocycles. The van der Waals surface area contributed by atoms with E-state index < -0.39 is 11.7 Å². The minimum absolute atomic E-state index is 0.00981. The van der Waals surface area contributed by atoms with Gasteiger partial charge in [0.2, 0.25) is 11.8 Å². The number of rotatable bonds is 7. The predicted octanol–water partition coefficient (Wildman–Crippen LogP) is 3.31. The minimum Gasteiger partial charge on any atom is -0.347 e. The molecular formula is C20H17F2N3O2S. The van der Waals surface area contributed by atoms with Gasteiger partial charge >= 0.3 is 0 Å². The zero-order valence-electron chi connectivity index (χ0n) is 14.7. The van der Waals surface area contributed by atoms with E-state index in [2.05, 4.69) is 15.6 Å². The molecular weight excluding hydrogens is 384 g/mol. The standard InChI is InChI=1S/C20H17F2N3O2S/c21-15-6-4-13(5-7-15)9-17-11-24-20(28-17)25-19(27)12-23-18(26)10-14-2-1-3-16(22)8-14/h1-8,11H,9-10,12H2,(H,23,26)(H,24,25,27). The number of nitrogens with one attached hydrogen (secondary N) is 2. The fourth-order valence-corrected chi connectivity index (χ4v) is 3.35. The van der Waals surface area contributed by atoms with Gasteiger partial charge in [-0.15, -0.1) is 11.3 Å². The third-order valence-corrected chi connectivity index (χ3v) is 4.70. The molecule has 2 N–H and O–H groups in total. The summed E-state index contributed by atoms with van der Waals surface area (Å²) in [6.45, 7) is -0.207. The van der Waals surface area contributed by atoms with Gasteiger partial charge < -0.3 is 10.6 Å². The molecule has 28 heavy (non-hydrogen) atoms. The topological polar surface area (TPSA) is 71.1 Å². The second kappa shape index (κ2) is 9.18. The summed E-state index contributed by atoms with van der Waals surface area (Å²) in [5, 5.41) is 5.53. The van der Waals surface area contributed by atoms with Gasteiger partial charge in [-0.3, -0.25) is 9.59 Å². The Labute approximate surface area is 164 Å². The predicted molar refractivity (Wildman–Crippen MR) is 103 cm³/mol. The van der Waals surface area contributed by atoms with E-state index in [-0.39, 0.29) is 24.7 Å². The maximum absolute atomic E-state index is 13.1. The van der Waals surface area contributed by atoms with Crippen LogP contribution in [0.25, 0.3) is 0 Å². The summed E-state index contributed by atoms with van der Waals surface area (Å²) in [7, 11) is 0. The lowest BCUT2D eigenvalue weighted by Gasteiger charge is -2.05. The Balaban J connectivity index is 1.45. The molecule has 2 aromatic carbocycles. The number of hydrogen-bond acceptors (Lipinski definition) is 4. The van der Waals surface area contributed by atoms with Gasteiger partial charge in [0.25, 0.3) is 0 Å². The molecule has 0 fully saturated rings. The molecule has 0 spiro atoms. The molecule has 2 amide bonds. The number of aromatic nitrogens is 1. The lowest BCUT2D eigenvalue weighted by Crippen LogP contribution is -2.33. The molecule has 144 valence electrons. The van der Waals surface area contributed by atoms with Crippen molar-refractivity contribution in [3.63, 3.8) is 0 Å². The Morgan fingerprint density at radius 3 is 2.50 bits per heavy atom. The quantitative estimate of drug-likeness (QED) is 0.638. The first-order valence-corrected chi connectivity index (χ1v) is 9.30. The molecule has 0 saturated heterocycles. The van der Waals surface area contributed by atoms with Gasteiger partial charge in [0, 0.05) is 17.5 Å². The van der Waals surface area contributed by atoms with E-state index in [9.17, 15) is 18.4 Å². The Morgan fingerprint density at radius 2 is 1.75 bits per heavy atom. The number of hydrogen-bond donors (Lipinski definition) is 2. The Kier molecular flexibility index (Phi) is 6.44. The lowest BCUT2D eigenvalue weighted by molar-refractivity contribution is -0.123. The summed E-state index contributed by atoms with van der Waals surface area (Å²) in [4.78, 5) is 28.9. The Hall–Kier alpha value is -3.13. The first-order chi connectivity index (χ1) is 13.5. The maximum atomic E-state index is 13.1. The zero-order valence-corrected chi connectivity index (χ0v) is 15.6. The molecule has 0 radical (unpaired) electrons. The fourth-order valence-electron chi connectivity index (χ4n) is 2.49. The maximum Gasteiger partial charge on any atom is 0.245 e. The van der Waals surface area contributed by atoms with Crippen LogP contribution < -0.4 is 10.6 Å². The van der Waals surface area contributed by atoms with Crippen LogP contribution in [0, 0.1) is 11.6 Å². The summed E-state index contributed by atoms with van der Waals surface area (Å²) < 4.78 is 26.1. The van der Waals surface area contributed by atoms with E-state index in [1.165, 1.54) is 41.7 Å². The Bertz CT molecular complexity index is 974. The van der Waals surface area contributed by atoms with Gasteiger partial charge in [-0.1, -0.05) is 24.3 Å². The number of anilines is 1. The van der Waals surface area contributed by atoms with Crippen LogP contribution in [0.1, 0.15) is 16.0 Å². The number of carbonyl (C=O) groups is 2. The molecule has 5 nitrogen and oxygen atoms in total. The largest absolute Gasteiger partial charge is 0.347 e. The van der Waals surface area contributed by atoms with E-state index in [4.69, 9.17) is 0 Å². The lowest BCUT2D eigenvalue weighted by atomic mass is 10.1. The van der Waals surface area contributed by atoms with E-state index in [0.29, 0.717) is 17.1 Å². The second-order valence-electron chi connectivity index (χ2n) is 6.07. The number of nitrogens with zero attached hydrogens (tertiary/aromatic N) is 1. The summed E-state index contributed by atoms with van der Waals surface area (Å²) >= 11 is 1.31. The van der Waals surface area contributed by atoms with Gasteiger partial charge in [0.1, 0.15) is 11.6 Å². The number of halogens is 2. The second-order valence-corrected chi connectivity index (χ2v) is 7.18. The molecule has 3 rings (SSSR count). The van der Waals surface area contributed by atoms with Crippen LogP contribution >= 0.6 is 11.3 Å². The summed E-state index contributed by atoms with van der Waals surface area (Å²) in [5.74, 6) is -1.49. The number of thiazole rings is 1. The fraction of sp³-hybridized carbons (Fsp3) is 0.150. The minimum atomic E-state index is -0.414. The molecule has 0 bridgehead atoms. The molecule has 0 aliphatic rings. The molecule has 8 heteroatoms. The highest BCUT2D eigenvalue weighted by Gasteiger charge is 2.10. The van der Waals surface area contributed by atoms with Crippen LogP contribution in [0.15, 0.2) is 54.7 Å². The third-order valence-electron chi connectivity index (χ3n) is 3.79. The zero-order chi connectivity index (χ0) is 19.9. The van der Waals surface area contributed by atoms with Gasteiger partial charge in [0.05, 0.1) is 13.0 Å². The van der Waals surface area contributed by atoms with E-state index in [1.807, 2.05) is 0 Å². The highest BCUT2D eigenvalue weighted by Crippen LogP contribution is 2.21. The van der Waals surface area contributed by atoms with Crippen molar-refractivity contribution in [1.29, 1.82) is 0 Å². The van der Waals surface area contributed by atoms with Crippen molar-refractivity contribution in [1.82, 2.24) is 10.3 Å². The van der Waals surface area contributed by atoms with E-state index in [1.54, 1.807) is 24.4 Å². The SMILES string of the molecule is O=C(Cc1cccc(F)c1)NCC(=O)Nc1ncc(Cc2ccc(F)cc2)s1. The summed E-state index contributed by atoms with van der Waals surface area (Å²) in [5.41, 5.74) is 1.47. The molecule has 0 aliphatic heterocycles. The average molecular weight is 401 g/mol. The highest BCUT2D eigenvalue weighted by molar-refractivity contribution is 7.15. The normalized spacial score (nSPS) is 10.5. The van der Waals surface area contributed by atoms with Crippen molar-refractivity contribution in [2.45, 2.75) is 12.8 Å². The van der Waals surface area contributed by atoms with Gasteiger partial charge in [-0.25, -0.2) is 13.8 Å². The van der Waals surface area contributed by atoms with E-state index >= 15 is 0 Å². The van der Waals surface area contributed by atoms with Gasteiger partial charge in [-0.2, -0.15) is 0 Å².